The van der Waals surface area contributed by atoms with E-state index in [0.29, 0.717) is 30.2 Å². The van der Waals surface area contributed by atoms with Gasteiger partial charge in [0, 0.05) is 32.1 Å². The van der Waals surface area contributed by atoms with Crippen LogP contribution >= 0.6 is 12.4 Å². The van der Waals surface area contributed by atoms with Crippen molar-refractivity contribution in [3.8, 4) is 0 Å². The molecule has 2 aliphatic rings. The predicted molar refractivity (Wildman–Crippen MR) is 87.6 cm³/mol. The minimum atomic E-state index is -0.168. The highest BCUT2D eigenvalue weighted by Crippen LogP contribution is 2.28. The SMILES string of the molecule is CC(CCc1ccccc1F)C(=O)N1C[C@H]2CNC[C@H]2C1.Cl. The number of likely N-dealkylation sites (tertiary alicyclic amines) is 1. The number of aryl methyl sites for hydroxylation is 1. The van der Waals surface area contributed by atoms with Crippen LogP contribution in [0.4, 0.5) is 4.39 Å². The molecular weight excluding hydrogens is 303 g/mol. The average molecular weight is 327 g/mol. The van der Waals surface area contributed by atoms with Crippen molar-refractivity contribution in [2.75, 3.05) is 26.2 Å². The Balaban J connectivity index is 0.00000176. The van der Waals surface area contributed by atoms with Gasteiger partial charge in [0.25, 0.3) is 0 Å². The lowest BCUT2D eigenvalue weighted by Crippen LogP contribution is -2.35. The van der Waals surface area contributed by atoms with Gasteiger partial charge in [0.05, 0.1) is 0 Å². The number of hydrogen-bond donors (Lipinski definition) is 1. The molecule has 2 heterocycles. The molecule has 0 aromatic heterocycles. The molecule has 1 aromatic rings. The zero-order valence-electron chi connectivity index (χ0n) is 12.9. The molecule has 0 bridgehead atoms. The van der Waals surface area contributed by atoms with Crippen molar-refractivity contribution in [2.24, 2.45) is 17.8 Å². The normalized spacial score (nSPS) is 24.7. The summed E-state index contributed by atoms with van der Waals surface area (Å²) in [7, 11) is 0. The molecule has 2 aliphatic heterocycles. The molecule has 0 saturated carbocycles. The molecule has 0 aliphatic carbocycles. The third-order valence-electron chi connectivity index (χ3n) is 4.93. The van der Waals surface area contributed by atoms with Gasteiger partial charge in [-0.25, -0.2) is 4.39 Å². The molecule has 3 nitrogen and oxygen atoms in total. The van der Waals surface area contributed by atoms with Crippen molar-refractivity contribution in [3.05, 3.63) is 35.6 Å². The van der Waals surface area contributed by atoms with E-state index < -0.39 is 0 Å². The van der Waals surface area contributed by atoms with Crippen molar-refractivity contribution in [1.82, 2.24) is 10.2 Å². The standard InChI is InChI=1S/C17H23FN2O.ClH/c1-12(6-7-13-4-2-3-5-16(13)18)17(21)20-10-14-8-19-9-15(14)11-20;/h2-5,12,14-15,19H,6-11H2,1H3;1H/t12?,14-,15+;. The Bertz CT molecular complexity index is 513. The molecule has 1 aromatic carbocycles. The van der Waals surface area contributed by atoms with Crippen molar-refractivity contribution >= 4 is 18.3 Å². The number of nitrogens with one attached hydrogen (secondary N) is 1. The molecule has 1 unspecified atom stereocenters. The Morgan fingerprint density at radius 2 is 1.95 bits per heavy atom. The second kappa shape index (κ2) is 7.42. The molecule has 2 fully saturated rings. The van der Waals surface area contributed by atoms with Crippen LogP contribution in [-0.2, 0) is 11.2 Å². The largest absolute Gasteiger partial charge is 0.342 e. The third kappa shape index (κ3) is 3.61. The average Bonchev–Trinajstić information content (AvgIpc) is 3.06. The monoisotopic (exact) mass is 326 g/mol. The molecular formula is C17H24ClFN2O. The van der Waals surface area contributed by atoms with Gasteiger partial charge in [-0.05, 0) is 36.3 Å². The number of nitrogens with zero attached hydrogens (tertiary/aromatic N) is 1. The minimum Gasteiger partial charge on any atom is -0.342 e. The molecule has 2 saturated heterocycles. The minimum absolute atomic E-state index is 0. The van der Waals surface area contributed by atoms with Crippen LogP contribution < -0.4 is 5.32 Å². The van der Waals surface area contributed by atoms with Gasteiger partial charge in [-0.3, -0.25) is 4.79 Å². The first-order valence-electron chi connectivity index (χ1n) is 7.88. The number of carbonyl (C=O) groups is 1. The zero-order chi connectivity index (χ0) is 14.8. The summed E-state index contributed by atoms with van der Waals surface area (Å²) in [5.41, 5.74) is 0.708. The fourth-order valence-corrected chi connectivity index (χ4v) is 3.54. The van der Waals surface area contributed by atoms with Gasteiger partial charge in [-0.15, -0.1) is 12.4 Å². The fourth-order valence-electron chi connectivity index (χ4n) is 3.54. The van der Waals surface area contributed by atoms with Gasteiger partial charge >= 0.3 is 0 Å². The fraction of sp³-hybridized carbons (Fsp3) is 0.588. The first kappa shape index (κ1) is 17.2. The van der Waals surface area contributed by atoms with Crippen molar-refractivity contribution in [3.63, 3.8) is 0 Å². The Labute approximate surface area is 137 Å². The predicted octanol–water partition coefficient (Wildman–Crippen LogP) is 2.49. The summed E-state index contributed by atoms with van der Waals surface area (Å²) in [4.78, 5) is 14.5. The molecule has 22 heavy (non-hydrogen) atoms. The van der Waals surface area contributed by atoms with Gasteiger partial charge in [-0.1, -0.05) is 25.1 Å². The smallest absolute Gasteiger partial charge is 0.225 e. The summed E-state index contributed by atoms with van der Waals surface area (Å²) in [5.74, 6) is 1.30. The molecule has 1 N–H and O–H groups in total. The highest BCUT2D eigenvalue weighted by molar-refractivity contribution is 5.85. The number of hydrogen-bond acceptors (Lipinski definition) is 2. The summed E-state index contributed by atoms with van der Waals surface area (Å²) in [6.45, 7) is 5.83. The third-order valence-corrected chi connectivity index (χ3v) is 4.93. The molecule has 3 rings (SSSR count). The lowest BCUT2D eigenvalue weighted by Gasteiger charge is -2.22. The van der Waals surface area contributed by atoms with Crippen LogP contribution in [0.15, 0.2) is 24.3 Å². The molecule has 0 radical (unpaired) electrons. The highest BCUT2D eigenvalue weighted by Gasteiger charge is 2.38. The summed E-state index contributed by atoms with van der Waals surface area (Å²) in [5, 5.41) is 3.39. The molecule has 0 spiro atoms. The van der Waals surface area contributed by atoms with Crippen LogP contribution in [0, 0.1) is 23.6 Å². The molecule has 122 valence electrons. The van der Waals surface area contributed by atoms with E-state index in [1.807, 2.05) is 17.9 Å². The summed E-state index contributed by atoms with van der Waals surface area (Å²) in [6, 6.07) is 6.83. The number of halogens is 2. The highest BCUT2D eigenvalue weighted by atomic mass is 35.5. The van der Waals surface area contributed by atoms with Crippen LogP contribution in [0.25, 0.3) is 0 Å². The Hall–Kier alpha value is -1.13. The van der Waals surface area contributed by atoms with E-state index in [2.05, 4.69) is 5.32 Å². The first-order valence-corrected chi connectivity index (χ1v) is 7.88. The second-order valence-electron chi connectivity index (χ2n) is 6.45. The van der Waals surface area contributed by atoms with E-state index in [1.54, 1.807) is 12.1 Å². The maximum Gasteiger partial charge on any atom is 0.225 e. The van der Waals surface area contributed by atoms with E-state index in [9.17, 15) is 9.18 Å². The topological polar surface area (TPSA) is 32.3 Å². The van der Waals surface area contributed by atoms with Crippen LogP contribution in [0.1, 0.15) is 18.9 Å². The number of benzene rings is 1. The molecule has 5 heteroatoms. The summed E-state index contributed by atoms with van der Waals surface area (Å²) >= 11 is 0. The van der Waals surface area contributed by atoms with Gasteiger partial charge in [-0.2, -0.15) is 0 Å². The van der Waals surface area contributed by atoms with Crippen LogP contribution in [0.2, 0.25) is 0 Å². The van der Waals surface area contributed by atoms with Gasteiger partial charge in [0.2, 0.25) is 5.91 Å². The lowest BCUT2D eigenvalue weighted by molar-refractivity contribution is -0.134. The van der Waals surface area contributed by atoms with E-state index in [-0.39, 0.29) is 30.0 Å². The Morgan fingerprint density at radius 3 is 2.59 bits per heavy atom. The van der Waals surface area contributed by atoms with Crippen LogP contribution in [0.3, 0.4) is 0 Å². The van der Waals surface area contributed by atoms with E-state index in [4.69, 9.17) is 0 Å². The van der Waals surface area contributed by atoms with Crippen LogP contribution in [0.5, 0.6) is 0 Å². The Kier molecular flexibility index (Phi) is 5.81. The van der Waals surface area contributed by atoms with Gasteiger partial charge in [0.1, 0.15) is 5.82 Å². The lowest BCUT2D eigenvalue weighted by atomic mass is 9.99. The maximum atomic E-state index is 13.6. The van der Waals surface area contributed by atoms with Gasteiger partial charge in [0.15, 0.2) is 0 Å². The number of fused-ring (bicyclic) bond motifs is 1. The Morgan fingerprint density at radius 1 is 1.32 bits per heavy atom. The summed E-state index contributed by atoms with van der Waals surface area (Å²) < 4.78 is 13.6. The first-order chi connectivity index (χ1) is 10.1. The molecule has 1 amide bonds. The van der Waals surface area contributed by atoms with Crippen molar-refractivity contribution < 1.29 is 9.18 Å². The quantitative estimate of drug-likeness (QED) is 0.922. The zero-order valence-corrected chi connectivity index (χ0v) is 13.7. The van der Waals surface area contributed by atoms with E-state index in [0.717, 1.165) is 26.2 Å². The van der Waals surface area contributed by atoms with Crippen LogP contribution in [-0.4, -0.2) is 37.0 Å². The number of carbonyl (C=O) groups excluding carboxylic acids is 1. The van der Waals surface area contributed by atoms with E-state index >= 15 is 0 Å². The number of rotatable bonds is 4. The van der Waals surface area contributed by atoms with Crippen molar-refractivity contribution in [2.45, 2.75) is 19.8 Å². The van der Waals surface area contributed by atoms with Gasteiger partial charge < -0.3 is 10.2 Å². The maximum absolute atomic E-state index is 13.6. The van der Waals surface area contributed by atoms with Crippen molar-refractivity contribution in [1.29, 1.82) is 0 Å². The number of amides is 1. The molecule has 3 atom stereocenters. The van der Waals surface area contributed by atoms with E-state index in [1.165, 1.54) is 6.07 Å². The second-order valence-corrected chi connectivity index (χ2v) is 6.45. The summed E-state index contributed by atoms with van der Waals surface area (Å²) in [6.07, 6.45) is 1.34.